The standard InChI is InChI=1S/C13H22N2O/c1-9(2)12-14-8-11(16-10(3)4)7-13(5,6)15-12/h7-10H,1-6H3. The Kier molecular flexibility index (Phi) is 3.89. The van der Waals surface area contributed by atoms with Gasteiger partial charge in [0.15, 0.2) is 0 Å². The van der Waals surface area contributed by atoms with Gasteiger partial charge in [-0.25, -0.2) is 4.99 Å². The molecular weight excluding hydrogens is 200 g/mol. The van der Waals surface area contributed by atoms with E-state index in [-0.39, 0.29) is 11.6 Å². The quantitative estimate of drug-likeness (QED) is 0.722. The van der Waals surface area contributed by atoms with Gasteiger partial charge in [0, 0.05) is 5.92 Å². The van der Waals surface area contributed by atoms with Gasteiger partial charge in [0.05, 0.1) is 17.9 Å². The number of nitrogens with zero attached hydrogens (tertiary/aromatic N) is 2. The Bertz CT molecular complexity index is 336. The van der Waals surface area contributed by atoms with Crippen LogP contribution in [0.25, 0.3) is 0 Å². The molecule has 3 nitrogen and oxygen atoms in total. The molecule has 0 saturated carbocycles. The highest BCUT2D eigenvalue weighted by molar-refractivity contribution is 5.96. The highest BCUT2D eigenvalue weighted by atomic mass is 16.5. The first-order valence-electron chi connectivity index (χ1n) is 5.83. The van der Waals surface area contributed by atoms with Gasteiger partial charge < -0.3 is 4.74 Å². The third kappa shape index (κ3) is 3.80. The van der Waals surface area contributed by atoms with Crippen LogP contribution in [0.4, 0.5) is 0 Å². The lowest BCUT2D eigenvalue weighted by Crippen LogP contribution is -2.17. The lowest BCUT2D eigenvalue weighted by Gasteiger charge is -2.17. The van der Waals surface area contributed by atoms with Crippen molar-refractivity contribution < 1.29 is 4.74 Å². The maximum absolute atomic E-state index is 5.67. The van der Waals surface area contributed by atoms with Gasteiger partial charge in [0.2, 0.25) is 0 Å². The van der Waals surface area contributed by atoms with Crippen LogP contribution in [0.5, 0.6) is 0 Å². The summed E-state index contributed by atoms with van der Waals surface area (Å²) in [5, 5.41) is 0. The molecule has 1 rings (SSSR count). The van der Waals surface area contributed by atoms with Crippen molar-refractivity contribution in [3.63, 3.8) is 0 Å². The maximum Gasteiger partial charge on any atom is 0.136 e. The number of hydrogen-bond acceptors (Lipinski definition) is 3. The van der Waals surface area contributed by atoms with E-state index in [1.54, 1.807) is 6.21 Å². The predicted octanol–water partition coefficient (Wildman–Crippen LogP) is 3.21. The van der Waals surface area contributed by atoms with Crippen molar-refractivity contribution in [1.82, 2.24) is 0 Å². The van der Waals surface area contributed by atoms with E-state index in [0.29, 0.717) is 5.92 Å². The van der Waals surface area contributed by atoms with E-state index in [4.69, 9.17) is 4.74 Å². The van der Waals surface area contributed by atoms with Gasteiger partial charge in [-0.15, -0.1) is 0 Å². The van der Waals surface area contributed by atoms with Crippen LogP contribution in [0.1, 0.15) is 41.5 Å². The minimum Gasteiger partial charge on any atom is -0.490 e. The molecule has 0 aromatic carbocycles. The lowest BCUT2D eigenvalue weighted by atomic mass is 10.1. The summed E-state index contributed by atoms with van der Waals surface area (Å²) < 4.78 is 5.67. The third-order valence-corrected chi connectivity index (χ3v) is 2.11. The molecule has 0 N–H and O–H groups in total. The summed E-state index contributed by atoms with van der Waals surface area (Å²) in [4.78, 5) is 9.01. The normalized spacial score (nSPS) is 19.5. The topological polar surface area (TPSA) is 34.0 Å². The molecule has 0 radical (unpaired) electrons. The van der Waals surface area contributed by atoms with Crippen LogP contribution < -0.4 is 0 Å². The average Bonchev–Trinajstić information content (AvgIpc) is 2.22. The van der Waals surface area contributed by atoms with Crippen molar-refractivity contribution in [2.24, 2.45) is 15.9 Å². The van der Waals surface area contributed by atoms with E-state index in [2.05, 4.69) is 37.7 Å². The molecule has 0 aliphatic carbocycles. The molecule has 0 unspecified atom stereocenters. The second-order valence-electron chi connectivity index (χ2n) is 5.25. The Morgan fingerprint density at radius 2 is 1.81 bits per heavy atom. The number of allylic oxidation sites excluding steroid dienone is 1. The number of hydrogen-bond donors (Lipinski definition) is 0. The largest absolute Gasteiger partial charge is 0.490 e. The van der Waals surface area contributed by atoms with Crippen LogP contribution in [0.15, 0.2) is 21.8 Å². The molecule has 90 valence electrons. The summed E-state index contributed by atoms with van der Waals surface area (Å²) >= 11 is 0. The van der Waals surface area contributed by atoms with E-state index in [1.165, 1.54) is 0 Å². The molecule has 16 heavy (non-hydrogen) atoms. The van der Waals surface area contributed by atoms with Crippen LogP contribution >= 0.6 is 0 Å². The first kappa shape index (κ1) is 12.9. The molecule has 1 aliphatic heterocycles. The van der Waals surface area contributed by atoms with Gasteiger partial charge in [0.25, 0.3) is 0 Å². The molecule has 1 heterocycles. The molecule has 3 heteroatoms. The van der Waals surface area contributed by atoms with Crippen molar-refractivity contribution in [2.45, 2.75) is 53.2 Å². The highest BCUT2D eigenvalue weighted by Crippen LogP contribution is 2.19. The SMILES string of the molecule is CC(C)OC1=CC(C)(C)N=C(C(C)C)N=C1. The van der Waals surface area contributed by atoms with E-state index < -0.39 is 0 Å². The minimum absolute atomic E-state index is 0.161. The molecule has 0 spiro atoms. The van der Waals surface area contributed by atoms with Crippen molar-refractivity contribution in [2.75, 3.05) is 0 Å². The molecule has 0 bridgehead atoms. The number of aliphatic imine (C=N–C) groups is 2. The monoisotopic (exact) mass is 222 g/mol. The van der Waals surface area contributed by atoms with Crippen molar-refractivity contribution in [3.8, 4) is 0 Å². The molecule has 0 aromatic heterocycles. The zero-order valence-corrected chi connectivity index (χ0v) is 11.1. The maximum atomic E-state index is 5.67. The zero-order chi connectivity index (χ0) is 12.3. The Balaban J connectivity index is 2.96. The summed E-state index contributed by atoms with van der Waals surface area (Å²) in [5.74, 6) is 2.02. The van der Waals surface area contributed by atoms with Crippen LogP contribution in [0, 0.1) is 5.92 Å². The summed E-state index contributed by atoms with van der Waals surface area (Å²) in [6.07, 6.45) is 3.95. The van der Waals surface area contributed by atoms with Crippen molar-refractivity contribution in [3.05, 3.63) is 11.8 Å². The van der Waals surface area contributed by atoms with Crippen molar-refractivity contribution >= 4 is 12.1 Å². The van der Waals surface area contributed by atoms with Gasteiger partial charge in [-0.3, -0.25) is 4.99 Å². The summed E-state index contributed by atoms with van der Waals surface area (Å²) in [6.45, 7) is 12.3. The predicted molar refractivity (Wildman–Crippen MR) is 69.1 cm³/mol. The van der Waals surface area contributed by atoms with Crippen molar-refractivity contribution in [1.29, 1.82) is 0 Å². The zero-order valence-electron chi connectivity index (χ0n) is 11.1. The minimum atomic E-state index is -0.250. The van der Waals surface area contributed by atoms with E-state index in [1.807, 2.05) is 19.9 Å². The summed E-state index contributed by atoms with van der Waals surface area (Å²) in [7, 11) is 0. The fraction of sp³-hybridized carbons (Fsp3) is 0.692. The Morgan fingerprint density at radius 3 is 2.31 bits per heavy atom. The highest BCUT2D eigenvalue weighted by Gasteiger charge is 2.20. The van der Waals surface area contributed by atoms with E-state index in [0.717, 1.165) is 11.6 Å². The first-order valence-corrected chi connectivity index (χ1v) is 5.83. The summed E-state index contributed by atoms with van der Waals surface area (Å²) in [6, 6.07) is 0. The lowest BCUT2D eigenvalue weighted by molar-refractivity contribution is 0.163. The number of amidine groups is 1. The van der Waals surface area contributed by atoms with Crippen LogP contribution in [-0.4, -0.2) is 23.7 Å². The van der Waals surface area contributed by atoms with Gasteiger partial charge in [-0.1, -0.05) is 13.8 Å². The van der Waals surface area contributed by atoms with Crippen LogP contribution in [-0.2, 0) is 4.74 Å². The van der Waals surface area contributed by atoms with Gasteiger partial charge in [-0.05, 0) is 33.8 Å². The van der Waals surface area contributed by atoms with E-state index >= 15 is 0 Å². The molecule has 0 aromatic rings. The summed E-state index contributed by atoms with van der Waals surface area (Å²) in [5.41, 5.74) is -0.250. The fourth-order valence-electron chi connectivity index (χ4n) is 1.49. The smallest absolute Gasteiger partial charge is 0.136 e. The molecule has 0 saturated heterocycles. The number of ether oxygens (including phenoxy) is 1. The average molecular weight is 222 g/mol. The molecule has 1 aliphatic rings. The Hall–Kier alpha value is -1.12. The third-order valence-electron chi connectivity index (χ3n) is 2.11. The fourth-order valence-corrected chi connectivity index (χ4v) is 1.49. The van der Waals surface area contributed by atoms with Gasteiger partial charge in [0.1, 0.15) is 11.6 Å². The molecule has 0 atom stereocenters. The van der Waals surface area contributed by atoms with Crippen LogP contribution in [0.2, 0.25) is 0 Å². The Labute approximate surface area is 98.3 Å². The molecule has 0 amide bonds. The first-order chi connectivity index (χ1) is 7.30. The van der Waals surface area contributed by atoms with Gasteiger partial charge in [-0.2, -0.15) is 0 Å². The number of rotatable bonds is 3. The second kappa shape index (κ2) is 4.81. The molecular formula is C13H22N2O. The van der Waals surface area contributed by atoms with Gasteiger partial charge >= 0.3 is 0 Å². The van der Waals surface area contributed by atoms with Crippen LogP contribution in [0.3, 0.4) is 0 Å². The Morgan fingerprint density at radius 1 is 1.19 bits per heavy atom. The molecule has 0 fully saturated rings. The van der Waals surface area contributed by atoms with E-state index in [9.17, 15) is 0 Å². The second-order valence-corrected chi connectivity index (χ2v) is 5.25.